The molecule has 16 heavy (non-hydrogen) atoms. The highest BCUT2D eigenvalue weighted by Gasteiger charge is 2.42. The number of aliphatic carboxylic acids is 1. The van der Waals surface area contributed by atoms with E-state index in [0.717, 1.165) is 0 Å². The van der Waals surface area contributed by atoms with Crippen LogP contribution >= 0.6 is 0 Å². The minimum atomic E-state index is -1.28. The molecule has 0 aliphatic carbocycles. The third-order valence-electron chi connectivity index (χ3n) is 2.48. The van der Waals surface area contributed by atoms with E-state index in [4.69, 9.17) is 9.84 Å². The third kappa shape index (κ3) is 2.95. The van der Waals surface area contributed by atoms with Gasteiger partial charge in [-0.3, -0.25) is 4.79 Å². The van der Waals surface area contributed by atoms with Gasteiger partial charge in [0.25, 0.3) is 0 Å². The van der Waals surface area contributed by atoms with Gasteiger partial charge < -0.3 is 14.7 Å². The van der Waals surface area contributed by atoms with Crippen molar-refractivity contribution in [2.24, 2.45) is 5.41 Å². The van der Waals surface area contributed by atoms with Crippen LogP contribution in [-0.4, -0.2) is 47.2 Å². The first-order chi connectivity index (χ1) is 7.14. The lowest BCUT2D eigenvalue weighted by atomic mass is 9.94. The second kappa shape index (κ2) is 4.05. The molecule has 1 aliphatic heterocycles. The molecule has 1 heterocycles. The highest BCUT2D eigenvalue weighted by molar-refractivity contribution is 5.83. The van der Waals surface area contributed by atoms with E-state index in [2.05, 4.69) is 0 Å². The van der Waals surface area contributed by atoms with Crippen molar-refractivity contribution >= 4 is 11.9 Å². The van der Waals surface area contributed by atoms with E-state index >= 15 is 0 Å². The molecule has 1 aliphatic rings. The molecular formula is C11H19NO4. The summed E-state index contributed by atoms with van der Waals surface area (Å²) in [5.74, 6) is -1.17. The predicted octanol–water partition coefficient (Wildman–Crippen LogP) is 0.735. The van der Waals surface area contributed by atoms with Crippen LogP contribution in [0.1, 0.15) is 27.7 Å². The second-order valence-electron chi connectivity index (χ2n) is 5.64. The first-order valence-electron chi connectivity index (χ1n) is 5.29. The van der Waals surface area contributed by atoms with Gasteiger partial charge in [0.1, 0.15) is 6.61 Å². The number of carbonyl (C=O) groups excluding carboxylic acids is 1. The van der Waals surface area contributed by atoms with Crippen LogP contribution in [0, 0.1) is 5.41 Å². The van der Waals surface area contributed by atoms with Gasteiger partial charge in [-0.05, 0) is 12.3 Å². The van der Waals surface area contributed by atoms with Gasteiger partial charge in [0.15, 0.2) is 5.60 Å². The molecule has 1 atom stereocenters. The molecule has 0 aromatic carbocycles. The van der Waals surface area contributed by atoms with Gasteiger partial charge in [0.05, 0.1) is 6.54 Å². The Balaban J connectivity index is 2.77. The van der Waals surface area contributed by atoms with E-state index in [0.29, 0.717) is 6.54 Å². The Morgan fingerprint density at radius 1 is 1.56 bits per heavy atom. The van der Waals surface area contributed by atoms with Gasteiger partial charge in [-0.25, -0.2) is 4.79 Å². The molecule has 1 N–H and O–H groups in total. The first kappa shape index (κ1) is 13.0. The highest BCUT2D eigenvalue weighted by Crippen LogP contribution is 2.23. The van der Waals surface area contributed by atoms with E-state index < -0.39 is 11.6 Å². The zero-order valence-electron chi connectivity index (χ0n) is 10.2. The molecule has 0 bridgehead atoms. The summed E-state index contributed by atoms with van der Waals surface area (Å²) in [4.78, 5) is 24.2. The monoisotopic (exact) mass is 229 g/mol. The molecule has 0 spiro atoms. The Kier molecular flexibility index (Phi) is 3.28. The number of rotatable bonds is 2. The van der Waals surface area contributed by atoms with E-state index in [1.807, 2.05) is 20.8 Å². The Labute approximate surface area is 95.4 Å². The van der Waals surface area contributed by atoms with Crippen LogP contribution in [0.25, 0.3) is 0 Å². The molecule has 5 heteroatoms. The van der Waals surface area contributed by atoms with E-state index in [1.54, 1.807) is 4.90 Å². The Morgan fingerprint density at radius 2 is 2.12 bits per heavy atom. The third-order valence-corrected chi connectivity index (χ3v) is 2.48. The molecule has 1 fully saturated rings. The van der Waals surface area contributed by atoms with E-state index in [-0.39, 0.29) is 24.5 Å². The second-order valence-corrected chi connectivity index (χ2v) is 5.64. The molecule has 0 aromatic heterocycles. The SMILES string of the molecule is CC(C)(C)CN1CC(C)(C(=O)O)OCC1=O. The maximum atomic E-state index is 11.6. The van der Waals surface area contributed by atoms with Crippen molar-refractivity contribution in [1.82, 2.24) is 4.90 Å². The molecule has 1 unspecified atom stereocenters. The van der Waals surface area contributed by atoms with Crippen LogP contribution in [0.2, 0.25) is 0 Å². The first-order valence-corrected chi connectivity index (χ1v) is 5.29. The number of amides is 1. The maximum Gasteiger partial charge on any atom is 0.337 e. The minimum Gasteiger partial charge on any atom is -0.479 e. The molecular weight excluding hydrogens is 210 g/mol. The van der Waals surface area contributed by atoms with Crippen LogP contribution in [-0.2, 0) is 14.3 Å². The summed E-state index contributed by atoms with van der Waals surface area (Å²) < 4.78 is 5.09. The molecule has 92 valence electrons. The largest absolute Gasteiger partial charge is 0.479 e. The highest BCUT2D eigenvalue weighted by atomic mass is 16.5. The number of hydrogen-bond acceptors (Lipinski definition) is 3. The average molecular weight is 229 g/mol. The average Bonchev–Trinajstić information content (AvgIpc) is 2.09. The normalized spacial score (nSPS) is 27.0. The van der Waals surface area contributed by atoms with Gasteiger partial charge in [0.2, 0.25) is 5.91 Å². The number of carboxylic acid groups (broad SMARTS) is 1. The van der Waals surface area contributed by atoms with Gasteiger partial charge in [0, 0.05) is 6.54 Å². The maximum absolute atomic E-state index is 11.6. The van der Waals surface area contributed by atoms with Crippen LogP contribution < -0.4 is 0 Å². The van der Waals surface area contributed by atoms with Crippen molar-refractivity contribution in [3.63, 3.8) is 0 Å². The lowest BCUT2D eigenvalue weighted by Crippen LogP contribution is -2.58. The van der Waals surface area contributed by atoms with Crippen LogP contribution in [0.15, 0.2) is 0 Å². The van der Waals surface area contributed by atoms with Crippen molar-refractivity contribution < 1.29 is 19.4 Å². The number of nitrogens with zero attached hydrogens (tertiary/aromatic N) is 1. The van der Waals surface area contributed by atoms with Crippen molar-refractivity contribution in [1.29, 1.82) is 0 Å². The smallest absolute Gasteiger partial charge is 0.337 e. The molecule has 1 saturated heterocycles. The fourth-order valence-corrected chi connectivity index (χ4v) is 1.66. The Hall–Kier alpha value is -1.10. The van der Waals surface area contributed by atoms with Crippen LogP contribution in [0.5, 0.6) is 0 Å². The van der Waals surface area contributed by atoms with Crippen molar-refractivity contribution in [3.8, 4) is 0 Å². The van der Waals surface area contributed by atoms with E-state index in [1.165, 1.54) is 6.92 Å². The van der Waals surface area contributed by atoms with Crippen molar-refractivity contribution in [3.05, 3.63) is 0 Å². The molecule has 1 amide bonds. The topological polar surface area (TPSA) is 66.8 Å². The van der Waals surface area contributed by atoms with Crippen LogP contribution in [0.3, 0.4) is 0 Å². The van der Waals surface area contributed by atoms with Gasteiger partial charge in [-0.2, -0.15) is 0 Å². The zero-order valence-corrected chi connectivity index (χ0v) is 10.2. The number of hydrogen-bond donors (Lipinski definition) is 1. The lowest BCUT2D eigenvalue weighted by molar-refractivity contribution is -0.182. The molecule has 0 aromatic rings. The quantitative estimate of drug-likeness (QED) is 0.758. The number of carboxylic acids is 1. The Bertz CT molecular complexity index is 308. The van der Waals surface area contributed by atoms with Crippen molar-refractivity contribution in [2.75, 3.05) is 19.7 Å². The van der Waals surface area contributed by atoms with Gasteiger partial charge >= 0.3 is 5.97 Å². The molecule has 5 nitrogen and oxygen atoms in total. The van der Waals surface area contributed by atoms with Crippen LogP contribution in [0.4, 0.5) is 0 Å². The summed E-state index contributed by atoms with van der Waals surface area (Å²) in [7, 11) is 0. The summed E-state index contributed by atoms with van der Waals surface area (Å²) in [5.41, 5.74) is -1.33. The fraction of sp³-hybridized carbons (Fsp3) is 0.818. The summed E-state index contributed by atoms with van der Waals surface area (Å²) in [5, 5.41) is 9.04. The van der Waals surface area contributed by atoms with Gasteiger partial charge in [-0.15, -0.1) is 0 Å². The van der Waals surface area contributed by atoms with Crippen molar-refractivity contribution in [2.45, 2.75) is 33.3 Å². The summed E-state index contributed by atoms with van der Waals surface area (Å²) >= 11 is 0. The predicted molar refractivity (Wildman–Crippen MR) is 58.0 cm³/mol. The molecule has 1 rings (SSSR count). The fourth-order valence-electron chi connectivity index (χ4n) is 1.66. The van der Waals surface area contributed by atoms with E-state index in [9.17, 15) is 9.59 Å². The number of morpholine rings is 1. The van der Waals surface area contributed by atoms with Gasteiger partial charge in [-0.1, -0.05) is 20.8 Å². The standard InChI is InChI=1S/C11H19NO4/c1-10(2,3)6-12-7-11(4,9(14)15)16-5-8(12)13/h5-7H2,1-4H3,(H,14,15). The summed E-state index contributed by atoms with van der Waals surface area (Å²) in [6.45, 7) is 8.02. The number of carbonyl (C=O) groups is 2. The zero-order chi connectivity index (χ0) is 12.6. The number of ether oxygens (including phenoxy) is 1. The lowest BCUT2D eigenvalue weighted by Gasteiger charge is -2.39. The summed E-state index contributed by atoms with van der Waals surface area (Å²) in [6.07, 6.45) is 0. The Morgan fingerprint density at radius 3 is 2.56 bits per heavy atom. The minimum absolute atomic E-state index is 0.0492. The molecule has 0 radical (unpaired) electrons. The summed E-state index contributed by atoms with van der Waals surface area (Å²) in [6, 6.07) is 0. The molecule has 0 saturated carbocycles.